The quantitative estimate of drug-likeness (QED) is 0.638. The zero-order chi connectivity index (χ0) is 18.1. The number of anilines is 1. The summed E-state index contributed by atoms with van der Waals surface area (Å²) in [5, 5.41) is 6.08. The molecule has 0 radical (unpaired) electrons. The largest absolute Gasteiger partial charge is 0.427 e. The van der Waals surface area contributed by atoms with Gasteiger partial charge in [-0.25, -0.2) is 9.78 Å². The number of rotatable bonds is 3. The van der Waals surface area contributed by atoms with Crippen molar-refractivity contribution < 1.29 is 9.21 Å². The Kier molecular flexibility index (Phi) is 7.60. The maximum atomic E-state index is 12.6. The fourth-order valence-corrected chi connectivity index (χ4v) is 4.06. The molecule has 0 spiro atoms. The highest BCUT2D eigenvalue weighted by Crippen LogP contribution is 2.26. The standard InChI is InChI=1S/C19H19N3O3S.2ClH/c1-11-8-15(12-4-6-20-7-5-12)25-19(24)17(11)18(23)22-13-2-3-14-16(9-13)26-10-21-14;;/h2-3,8-10,12,20H,4-7H2,1H3,(H,22,23);2*1H. The van der Waals surface area contributed by atoms with Crippen LogP contribution in [0, 0.1) is 6.92 Å². The van der Waals surface area contributed by atoms with Gasteiger partial charge in [0, 0.05) is 11.6 Å². The van der Waals surface area contributed by atoms with E-state index in [1.807, 2.05) is 18.2 Å². The van der Waals surface area contributed by atoms with Crippen molar-refractivity contribution in [1.82, 2.24) is 10.3 Å². The van der Waals surface area contributed by atoms with E-state index >= 15 is 0 Å². The number of hydrogen-bond acceptors (Lipinski definition) is 6. The molecule has 150 valence electrons. The van der Waals surface area contributed by atoms with Crippen LogP contribution in [0.25, 0.3) is 10.2 Å². The van der Waals surface area contributed by atoms with Gasteiger partial charge in [0.1, 0.15) is 11.3 Å². The number of aromatic nitrogens is 1. The Hall–Kier alpha value is -1.93. The summed E-state index contributed by atoms with van der Waals surface area (Å²) in [6.07, 6.45) is 1.87. The summed E-state index contributed by atoms with van der Waals surface area (Å²) in [6.45, 7) is 3.61. The number of nitrogens with zero attached hydrogens (tertiary/aromatic N) is 1. The molecule has 28 heavy (non-hydrogen) atoms. The second-order valence-corrected chi connectivity index (χ2v) is 7.39. The zero-order valence-corrected chi connectivity index (χ0v) is 17.6. The first kappa shape index (κ1) is 22.4. The fraction of sp³-hybridized carbons (Fsp3) is 0.316. The highest BCUT2D eigenvalue weighted by molar-refractivity contribution is 7.16. The highest BCUT2D eigenvalue weighted by Gasteiger charge is 2.22. The number of benzene rings is 1. The summed E-state index contributed by atoms with van der Waals surface area (Å²) in [5.41, 5.74) is 3.41. The Morgan fingerprint density at radius 1 is 1.25 bits per heavy atom. The third-order valence-corrected chi connectivity index (χ3v) is 5.52. The maximum absolute atomic E-state index is 12.6. The van der Waals surface area contributed by atoms with Crippen molar-refractivity contribution in [2.24, 2.45) is 0 Å². The summed E-state index contributed by atoms with van der Waals surface area (Å²) < 4.78 is 6.47. The monoisotopic (exact) mass is 441 g/mol. The van der Waals surface area contributed by atoms with Gasteiger partial charge >= 0.3 is 5.63 Å². The Labute approximate surface area is 178 Å². The summed E-state index contributed by atoms with van der Waals surface area (Å²) >= 11 is 1.50. The highest BCUT2D eigenvalue weighted by atomic mass is 35.5. The number of carbonyl (C=O) groups is 1. The Balaban J connectivity index is 0.00000140. The lowest BCUT2D eigenvalue weighted by Gasteiger charge is -2.21. The summed E-state index contributed by atoms with van der Waals surface area (Å²) in [5.74, 6) is 0.460. The topological polar surface area (TPSA) is 84.2 Å². The number of carbonyl (C=O) groups excluding carboxylic acids is 1. The van der Waals surface area contributed by atoms with Crippen molar-refractivity contribution in [3.63, 3.8) is 0 Å². The first-order valence-electron chi connectivity index (χ1n) is 8.62. The third kappa shape index (κ3) is 4.55. The molecule has 3 aromatic rings. The number of hydrogen-bond donors (Lipinski definition) is 2. The van der Waals surface area contributed by atoms with E-state index in [0.29, 0.717) is 17.0 Å². The van der Waals surface area contributed by atoms with Crippen LogP contribution in [0.5, 0.6) is 0 Å². The molecule has 1 amide bonds. The minimum absolute atomic E-state index is 0. The van der Waals surface area contributed by atoms with Crippen LogP contribution < -0.4 is 16.3 Å². The molecule has 9 heteroatoms. The lowest BCUT2D eigenvalue weighted by molar-refractivity contribution is 0.102. The van der Waals surface area contributed by atoms with Gasteiger partial charge in [-0.1, -0.05) is 0 Å². The van der Waals surface area contributed by atoms with Crippen molar-refractivity contribution in [1.29, 1.82) is 0 Å². The molecule has 6 nitrogen and oxygen atoms in total. The summed E-state index contributed by atoms with van der Waals surface area (Å²) in [7, 11) is 0. The molecule has 1 aliphatic heterocycles. The average Bonchev–Trinajstić information content (AvgIpc) is 3.09. The normalized spacial score (nSPS) is 14.2. The van der Waals surface area contributed by atoms with Gasteiger partial charge < -0.3 is 15.1 Å². The molecule has 0 bridgehead atoms. The van der Waals surface area contributed by atoms with E-state index in [1.165, 1.54) is 11.3 Å². The molecule has 1 aliphatic rings. The van der Waals surface area contributed by atoms with Crippen LogP contribution in [-0.4, -0.2) is 24.0 Å². The smallest absolute Gasteiger partial charge is 0.349 e. The number of nitrogens with one attached hydrogen (secondary N) is 2. The molecule has 1 fully saturated rings. The second kappa shape index (κ2) is 9.52. The summed E-state index contributed by atoms with van der Waals surface area (Å²) in [4.78, 5) is 29.3. The zero-order valence-electron chi connectivity index (χ0n) is 15.2. The maximum Gasteiger partial charge on any atom is 0.349 e. The molecule has 0 saturated carbocycles. The van der Waals surface area contributed by atoms with E-state index in [0.717, 1.165) is 36.1 Å². The molecule has 0 aliphatic carbocycles. The van der Waals surface area contributed by atoms with Gasteiger partial charge in [0.2, 0.25) is 0 Å². The van der Waals surface area contributed by atoms with E-state index in [1.54, 1.807) is 18.5 Å². The number of amides is 1. The molecule has 4 rings (SSSR count). The van der Waals surface area contributed by atoms with Gasteiger partial charge in [0.15, 0.2) is 0 Å². The van der Waals surface area contributed by atoms with Crippen LogP contribution in [0.15, 0.2) is 39.0 Å². The number of thiazole rings is 1. The minimum atomic E-state index is -0.574. The van der Waals surface area contributed by atoms with E-state index in [2.05, 4.69) is 15.6 Å². The lowest BCUT2D eigenvalue weighted by atomic mass is 9.94. The number of piperidine rings is 1. The molecule has 2 aromatic heterocycles. The first-order valence-corrected chi connectivity index (χ1v) is 9.50. The molecule has 2 N–H and O–H groups in total. The predicted octanol–water partition coefficient (Wildman–Crippen LogP) is 4.12. The Morgan fingerprint density at radius 2 is 2.00 bits per heavy atom. The van der Waals surface area contributed by atoms with Crippen molar-refractivity contribution in [2.75, 3.05) is 18.4 Å². The van der Waals surface area contributed by atoms with Gasteiger partial charge in [0.25, 0.3) is 5.91 Å². The fourth-order valence-electron chi connectivity index (χ4n) is 3.34. The van der Waals surface area contributed by atoms with Crippen LogP contribution >= 0.6 is 36.2 Å². The Bertz CT molecular complexity index is 1030. The lowest BCUT2D eigenvalue weighted by Crippen LogP contribution is -2.28. The van der Waals surface area contributed by atoms with Crippen LogP contribution in [0.4, 0.5) is 5.69 Å². The van der Waals surface area contributed by atoms with Crippen molar-refractivity contribution in [2.45, 2.75) is 25.7 Å². The van der Waals surface area contributed by atoms with Crippen LogP contribution in [0.3, 0.4) is 0 Å². The SMILES string of the molecule is Cc1cc(C2CCNCC2)oc(=O)c1C(=O)Nc1ccc2ncsc2c1.Cl.Cl. The molecule has 0 unspecified atom stereocenters. The van der Waals surface area contributed by atoms with Crippen LogP contribution in [-0.2, 0) is 0 Å². The van der Waals surface area contributed by atoms with Gasteiger partial charge in [-0.2, -0.15) is 0 Å². The van der Waals surface area contributed by atoms with E-state index in [9.17, 15) is 9.59 Å². The van der Waals surface area contributed by atoms with Gasteiger partial charge in [0.05, 0.1) is 15.7 Å². The van der Waals surface area contributed by atoms with Crippen LogP contribution in [0.2, 0.25) is 0 Å². The minimum Gasteiger partial charge on any atom is -0.427 e. The number of halogens is 2. The molecule has 1 aromatic carbocycles. The first-order chi connectivity index (χ1) is 12.6. The number of fused-ring (bicyclic) bond motifs is 1. The van der Waals surface area contributed by atoms with E-state index in [-0.39, 0.29) is 36.3 Å². The van der Waals surface area contributed by atoms with E-state index in [4.69, 9.17) is 4.42 Å². The van der Waals surface area contributed by atoms with Crippen LogP contribution in [0.1, 0.15) is 40.4 Å². The molecular formula is C19H21Cl2N3O3S. The molecule has 1 saturated heterocycles. The third-order valence-electron chi connectivity index (χ3n) is 4.73. The molecular weight excluding hydrogens is 421 g/mol. The molecule has 3 heterocycles. The van der Waals surface area contributed by atoms with Crippen molar-refractivity contribution in [3.05, 3.63) is 57.1 Å². The number of aryl methyl sites for hydroxylation is 1. The van der Waals surface area contributed by atoms with Crippen molar-refractivity contribution in [3.8, 4) is 0 Å². The molecule has 0 atom stereocenters. The van der Waals surface area contributed by atoms with Gasteiger partial charge in [-0.05, 0) is 62.7 Å². The Morgan fingerprint density at radius 3 is 2.71 bits per heavy atom. The van der Waals surface area contributed by atoms with E-state index < -0.39 is 11.5 Å². The van der Waals surface area contributed by atoms with Crippen molar-refractivity contribution >= 4 is 58.0 Å². The van der Waals surface area contributed by atoms with Gasteiger partial charge in [-0.3, -0.25) is 4.79 Å². The second-order valence-electron chi connectivity index (χ2n) is 6.51. The summed E-state index contributed by atoms with van der Waals surface area (Å²) in [6, 6.07) is 7.31. The predicted molar refractivity (Wildman–Crippen MR) is 117 cm³/mol. The average molecular weight is 442 g/mol. The van der Waals surface area contributed by atoms with Gasteiger partial charge in [-0.15, -0.1) is 36.2 Å².